The first-order valence-corrected chi connectivity index (χ1v) is 2.20. The summed E-state index contributed by atoms with van der Waals surface area (Å²) in [6.45, 7) is 0.774. The van der Waals surface area contributed by atoms with Crippen LogP contribution in [0.25, 0.3) is 0 Å². The molecule has 0 radical (unpaired) electrons. The number of rotatable bonds is 3. The predicted molar refractivity (Wildman–Crippen MR) is 30.0 cm³/mol. The van der Waals surface area contributed by atoms with Gasteiger partial charge < -0.3 is 10.8 Å². The van der Waals surface area contributed by atoms with Crippen LogP contribution in [0.3, 0.4) is 0 Å². The zero-order chi connectivity index (χ0) is 6.41. The van der Waals surface area contributed by atoms with Gasteiger partial charge in [0, 0.05) is 6.54 Å². The van der Waals surface area contributed by atoms with Crippen LogP contribution in [0.2, 0.25) is 0 Å². The summed E-state index contributed by atoms with van der Waals surface area (Å²) in [4.78, 5) is 13.1. The SMILES string of the molecule is NCC/N=C\C(=O)O. The molecule has 0 amide bonds. The Hall–Kier alpha value is -0.900. The maximum atomic E-state index is 9.68. The van der Waals surface area contributed by atoms with Crippen LogP contribution >= 0.6 is 0 Å². The maximum absolute atomic E-state index is 9.68. The second-order valence-electron chi connectivity index (χ2n) is 1.16. The van der Waals surface area contributed by atoms with Crippen LogP contribution in [0.1, 0.15) is 0 Å². The molecule has 0 fully saturated rings. The summed E-state index contributed by atoms with van der Waals surface area (Å²) in [5, 5.41) is 7.95. The van der Waals surface area contributed by atoms with E-state index in [9.17, 15) is 4.79 Å². The molecule has 3 N–H and O–H groups in total. The van der Waals surface area contributed by atoms with Gasteiger partial charge in [0.25, 0.3) is 0 Å². The van der Waals surface area contributed by atoms with Gasteiger partial charge in [0.15, 0.2) is 0 Å². The normalized spacial score (nSPS) is 10.1. The molecule has 0 aromatic heterocycles. The molecule has 4 nitrogen and oxygen atoms in total. The van der Waals surface area contributed by atoms with Crippen molar-refractivity contribution < 1.29 is 9.90 Å². The molecule has 0 unspecified atom stereocenters. The molecule has 0 aliphatic carbocycles. The van der Waals surface area contributed by atoms with Gasteiger partial charge in [-0.05, 0) is 0 Å². The maximum Gasteiger partial charge on any atom is 0.346 e. The fraction of sp³-hybridized carbons (Fsp3) is 0.500. The minimum absolute atomic E-state index is 0.381. The third-order valence-corrected chi connectivity index (χ3v) is 0.460. The van der Waals surface area contributed by atoms with Gasteiger partial charge in [-0.2, -0.15) is 0 Å². The number of carbonyl (C=O) groups is 1. The molecule has 0 aliphatic heterocycles. The molecule has 8 heavy (non-hydrogen) atoms. The van der Waals surface area contributed by atoms with Crippen LogP contribution in [-0.4, -0.2) is 30.4 Å². The summed E-state index contributed by atoms with van der Waals surface area (Å²) in [7, 11) is 0. The Morgan fingerprint density at radius 1 is 1.88 bits per heavy atom. The monoisotopic (exact) mass is 116 g/mol. The minimum atomic E-state index is -1.03. The van der Waals surface area contributed by atoms with E-state index >= 15 is 0 Å². The molecule has 0 saturated heterocycles. The Bertz CT molecular complexity index is 100. The van der Waals surface area contributed by atoms with Gasteiger partial charge >= 0.3 is 5.97 Å². The van der Waals surface area contributed by atoms with Gasteiger partial charge in [0.2, 0.25) is 0 Å². The third-order valence-electron chi connectivity index (χ3n) is 0.460. The highest BCUT2D eigenvalue weighted by Crippen LogP contribution is 1.61. The number of aliphatic imine (C=N–C) groups is 1. The summed E-state index contributed by atoms with van der Waals surface area (Å²) in [5.41, 5.74) is 5.01. The first-order chi connectivity index (χ1) is 3.77. The lowest BCUT2D eigenvalue weighted by molar-refractivity contribution is -0.128. The van der Waals surface area contributed by atoms with Crippen LogP contribution < -0.4 is 5.73 Å². The van der Waals surface area contributed by atoms with Crippen molar-refractivity contribution in [1.29, 1.82) is 0 Å². The van der Waals surface area contributed by atoms with Crippen LogP contribution in [0.5, 0.6) is 0 Å². The first-order valence-electron chi connectivity index (χ1n) is 2.20. The molecular formula is C4H8N2O2. The van der Waals surface area contributed by atoms with Crippen molar-refractivity contribution in [3.05, 3.63) is 0 Å². The molecule has 0 atom stereocenters. The largest absolute Gasteiger partial charge is 0.477 e. The highest BCUT2D eigenvalue weighted by atomic mass is 16.4. The number of nitrogens with zero attached hydrogens (tertiary/aromatic N) is 1. The topological polar surface area (TPSA) is 75.7 Å². The van der Waals surface area contributed by atoms with Gasteiger partial charge in [-0.1, -0.05) is 0 Å². The Kier molecular flexibility index (Phi) is 3.78. The molecule has 0 aliphatic rings. The van der Waals surface area contributed by atoms with Crippen molar-refractivity contribution in [2.75, 3.05) is 13.1 Å². The van der Waals surface area contributed by atoms with Gasteiger partial charge in [-0.25, -0.2) is 4.79 Å². The van der Waals surface area contributed by atoms with E-state index in [-0.39, 0.29) is 0 Å². The quantitative estimate of drug-likeness (QED) is 0.469. The van der Waals surface area contributed by atoms with E-state index in [0.717, 1.165) is 6.21 Å². The van der Waals surface area contributed by atoms with Crippen LogP contribution in [0, 0.1) is 0 Å². The van der Waals surface area contributed by atoms with E-state index in [1.165, 1.54) is 0 Å². The molecule has 46 valence electrons. The standard InChI is InChI=1S/C4H8N2O2/c5-1-2-6-3-4(7)8/h3H,1-2,5H2,(H,7,8)/b6-3-. The summed E-state index contributed by atoms with van der Waals surface area (Å²) >= 11 is 0. The van der Waals surface area contributed by atoms with Gasteiger partial charge in [-0.15, -0.1) is 0 Å². The van der Waals surface area contributed by atoms with E-state index in [1.807, 2.05) is 0 Å². The number of carboxylic acids is 1. The predicted octanol–water partition coefficient (Wildman–Crippen LogP) is -0.899. The van der Waals surface area contributed by atoms with E-state index < -0.39 is 5.97 Å². The fourth-order valence-electron chi connectivity index (χ4n) is 0.217. The minimum Gasteiger partial charge on any atom is -0.477 e. The fourth-order valence-corrected chi connectivity index (χ4v) is 0.217. The lowest BCUT2D eigenvalue weighted by Gasteiger charge is -1.81. The van der Waals surface area contributed by atoms with Crippen molar-refractivity contribution in [2.24, 2.45) is 10.7 Å². The number of hydrogen-bond donors (Lipinski definition) is 2. The smallest absolute Gasteiger partial charge is 0.346 e. The second kappa shape index (κ2) is 4.26. The number of aliphatic carboxylic acids is 1. The highest BCUT2D eigenvalue weighted by Gasteiger charge is 1.82. The third kappa shape index (κ3) is 5.10. The van der Waals surface area contributed by atoms with E-state index in [0.29, 0.717) is 13.1 Å². The molecule has 0 saturated carbocycles. The number of nitrogens with two attached hydrogens (primary N) is 1. The summed E-state index contributed by atoms with van der Waals surface area (Å²) < 4.78 is 0. The highest BCUT2D eigenvalue weighted by molar-refractivity contribution is 6.21. The zero-order valence-corrected chi connectivity index (χ0v) is 4.37. The molecule has 0 aromatic carbocycles. The molecule has 0 rings (SSSR count). The van der Waals surface area contributed by atoms with E-state index in [1.54, 1.807) is 0 Å². The van der Waals surface area contributed by atoms with Gasteiger partial charge in [-0.3, -0.25) is 4.99 Å². The van der Waals surface area contributed by atoms with Crippen LogP contribution in [-0.2, 0) is 4.79 Å². The second-order valence-corrected chi connectivity index (χ2v) is 1.16. The molecule has 4 heteroatoms. The lowest BCUT2D eigenvalue weighted by Crippen LogP contribution is -2.04. The van der Waals surface area contributed by atoms with Crippen molar-refractivity contribution in [2.45, 2.75) is 0 Å². The molecular weight excluding hydrogens is 108 g/mol. The molecule has 0 spiro atoms. The van der Waals surface area contributed by atoms with Crippen molar-refractivity contribution in [3.63, 3.8) is 0 Å². The average Bonchev–Trinajstić information content (AvgIpc) is 1.66. The van der Waals surface area contributed by atoms with E-state index in [4.69, 9.17) is 10.8 Å². The lowest BCUT2D eigenvalue weighted by atomic mass is 10.6. The first kappa shape index (κ1) is 7.10. The van der Waals surface area contributed by atoms with Gasteiger partial charge in [0.05, 0.1) is 6.54 Å². The molecule has 0 aromatic rings. The number of hydrogen-bond acceptors (Lipinski definition) is 3. The average molecular weight is 116 g/mol. The number of carboxylic acid groups (broad SMARTS) is 1. The van der Waals surface area contributed by atoms with Crippen LogP contribution in [0.15, 0.2) is 4.99 Å². The van der Waals surface area contributed by atoms with Crippen molar-refractivity contribution in [3.8, 4) is 0 Å². The van der Waals surface area contributed by atoms with Crippen molar-refractivity contribution in [1.82, 2.24) is 0 Å². The zero-order valence-electron chi connectivity index (χ0n) is 4.37. The van der Waals surface area contributed by atoms with Crippen molar-refractivity contribution >= 4 is 12.2 Å². The Balaban J connectivity index is 3.20. The summed E-state index contributed by atoms with van der Waals surface area (Å²) in [6, 6.07) is 0. The Labute approximate surface area is 47.0 Å². The Morgan fingerprint density at radius 3 is 2.88 bits per heavy atom. The summed E-state index contributed by atoms with van der Waals surface area (Å²) in [5.74, 6) is -1.03. The van der Waals surface area contributed by atoms with Crippen LogP contribution in [0.4, 0.5) is 0 Å². The molecule has 0 heterocycles. The molecule has 0 bridgehead atoms. The van der Waals surface area contributed by atoms with E-state index in [2.05, 4.69) is 4.99 Å². The Morgan fingerprint density at radius 2 is 2.50 bits per heavy atom. The van der Waals surface area contributed by atoms with Gasteiger partial charge in [0.1, 0.15) is 6.21 Å². The summed E-state index contributed by atoms with van der Waals surface area (Å²) in [6.07, 6.45) is 0.840.